The van der Waals surface area contributed by atoms with Gasteiger partial charge < -0.3 is 14.4 Å². The van der Waals surface area contributed by atoms with Gasteiger partial charge in [0.15, 0.2) is 17.3 Å². The van der Waals surface area contributed by atoms with Crippen LogP contribution in [0.4, 0.5) is 5.69 Å². The maximum Gasteiger partial charge on any atom is 0.240 e. The van der Waals surface area contributed by atoms with Crippen molar-refractivity contribution in [2.24, 2.45) is 11.8 Å². The lowest BCUT2D eigenvalue weighted by Crippen LogP contribution is -2.44. The van der Waals surface area contributed by atoms with Gasteiger partial charge in [-0.3, -0.25) is 14.4 Å². The minimum Gasteiger partial charge on any atom is -0.486 e. The van der Waals surface area contributed by atoms with Crippen LogP contribution in [0.5, 0.6) is 11.5 Å². The van der Waals surface area contributed by atoms with Crippen molar-refractivity contribution < 1.29 is 23.9 Å². The molecule has 3 aromatic rings. The van der Waals surface area contributed by atoms with Crippen molar-refractivity contribution in [2.45, 2.75) is 12.1 Å². The third-order valence-corrected chi connectivity index (χ3v) is 8.17. The van der Waals surface area contributed by atoms with E-state index < -0.39 is 23.9 Å². The highest BCUT2D eigenvalue weighted by molar-refractivity contribution is 9.10. The highest BCUT2D eigenvalue weighted by Crippen LogP contribution is 2.54. The summed E-state index contributed by atoms with van der Waals surface area (Å²) >= 11 is 3.42. The van der Waals surface area contributed by atoms with Crippen LogP contribution >= 0.6 is 15.9 Å². The Morgan fingerprint density at radius 1 is 0.865 bits per heavy atom. The average molecular weight is 557 g/mol. The molecule has 184 valence electrons. The maximum absolute atomic E-state index is 14.0. The molecule has 0 spiro atoms. The number of ketones is 1. The van der Waals surface area contributed by atoms with Crippen LogP contribution in [0, 0.1) is 11.8 Å². The SMILES string of the molecule is O=C(c1ccc(Br)cc1)C1C2C(=O)N(c3ccc4c(c3)OCCO4)C(=O)C2C2c3ccccc3C=CN12. The Morgan fingerprint density at radius 3 is 2.41 bits per heavy atom. The Kier molecular flexibility index (Phi) is 5.01. The Balaban J connectivity index is 1.35. The molecule has 4 heterocycles. The minimum absolute atomic E-state index is 0.181. The summed E-state index contributed by atoms with van der Waals surface area (Å²) in [6.07, 6.45) is 3.81. The summed E-state index contributed by atoms with van der Waals surface area (Å²) in [5.41, 5.74) is 2.85. The molecule has 3 aromatic carbocycles. The fourth-order valence-electron chi connectivity index (χ4n) is 6.07. The summed E-state index contributed by atoms with van der Waals surface area (Å²) in [5, 5.41) is 0. The lowest BCUT2D eigenvalue weighted by molar-refractivity contribution is -0.123. The number of benzene rings is 3. The first-order valence-electron chi connectivity index (χ1n) is 12.1. The van der Waals surface area contributed by atoms with E-state index >= 15 is 0 Å². The topological polar surface area (TPSA) is 76.1 Å². The lowest BCUT2D eigenvalue weighted by atomic mass is 9.83. The predicted molar refractivity (Wildman–Crippen MR) is 139 cm³/mol. The molecule has 4 aliphatic heterocycles. The summed E-state index contributed by atoms with van der Waals surface area (Å²) < 4.78 is 12.2. The molecular weight excluding hydrogens is 536 g/mol. The molecule has 2 saturated heterocycles. The second-order valence-electron chi connectivity index (χ2n) is 9.54. The number of carbonyl (C=O) groups excluding carboxylic acids is 3. The number of ether oxygens (including phenoxy) is 2. The molecule has 8 heteroatoms. The standard InChI is InChI=1S/C29H21BrN2O5/c30-18-7-5-17(6-8-18)27(33)26-24-23(25-20-4-2-1-3-16(20)11-12-31(25)26)28(34)32(29(24)35)19-9-10-21-22(15-19)37-14-13-36-21/h1-12,15,23-26H,13-14H2. The molecule has 0 aromatic heterocycles. The number of hydrogen-bond donors (Lipinski definition) is 0. The van der Waals surface area contributed by atoms with Gasteiger partial charge in [0.1, 0.15) is 19.3 Å². The van der Waals surface area contributed by atoms with E-state index in [0.29, 0.717) is 36.0 Å². The second kappa shape index (κ2) is 8.31. The summed E-state index contributed by atoms with van der Waals surface area (Å²) in [4.78, 5) is 45.2. The monoisotopic (exact) mass is 556 g/mol. The zero-order valence-electron chi connectivity index (χ0n) is 19.5. The number of nitrogens with zero attached hydrogens (tertiary/aromatic N) is 2. The number of fused-ring (bicyclic) bond motifs is 6. The van der Waals surface area contributed by atoms with Crippen LogP contribution in [-0.2, 0) is 9.59 Å². The van der Waals surface area contributed by atoms with Crippen molar-refractivity contribution in [1.82, 2.24) is 4.90 Å². The van der Waals surface area contributed by atoms with Crippen molar-refractivity contribution in [3.05, 3.63) is 94.1 Å². The fraction of sp³-hybridized carbons (Fsp3) is 0.207. The van der Waals surface area contributed by atoms with Crippen molar-refractivity contribution in [1.29, 1.82) is 0 Å². The van der Waals surface area contributed by atoms with E-state index in [1.165, 1.54) is 4.90 Å². The van der Waals surface area contributed by atoms with Crippen LogP contribution in [0.2, 0.25) is 0 Å². The van der Waals surface area contributed by atoms with Gasteiger partial charge in [-0.25, -0.2) is 4.90 Å². The molecule has 4 unspecified atom stereocenters. The van der Waals surface area contributed by atoms with Crippen LogP contribution in [0.1, 0.15) is 27.5 Å². The zero-order chi connectivity index (χ0) is 25.3. The van der Waals surface area contributed by atoms with E-state index in [-0.39, 0.29) is 17.6 Å². The van der Waals surface area contributed by atoms with Gasteiger partial charge in [-0.1, -0.05) is 52.3 Å². The van der Waals surface area contributed by atoms with Gasteiger partial charge >= 0.3 is 0 Å². The van der Waals surface area contributed by atoms with Crippen LogP contribution in [0.15, 0.2) is 77.4 Å². The molecule has 37 heavy (non-hydrogen) atoms. The molecule has 0 saturated carbocycles. The van der Waals surface area contributed by atoms with Gasteiger partial charge in [0.25, 0.3) is 0 Å². The predicted octanol–water partition coefficient (Wildman–Crippen LogP) is 4.62. The van der Waals surface area contributed by atoms with Crippen LogP contribution < -0.4 is 14.4 Å². The quantitative estimate of drug-likeness (QED) is 0.346. The smallest absolute Gasteiger partial charge is 0.240 e. The summed E-state index contributed by atoms with van der Waals surface area (Å²) in [6, 6.07) is 18.8. The van der Waals surface area contributed by atoms with Gasteiger partial charge in [-0.15, -0.1) is 0 Å². The van der Waals surface area contributed by atoms with E-state index in [9.17, 15) is 14.4 Å². The molecule has 2 fully saturated rings. The number of imide groups is 1. The number of amides is 2. The van der Waals surface area contributed by atoms with Crippen LogP contribution in [0.3, 0.4) is 0 Å². The van der Waals surface area contributed by atoms with E-state index in [0.717, 1.165) is 15.6 Å². The average Bonchev–Trinajstić information content (AvgIpc) is 3.40. The van der Waals surface area contributed by atoms with E-state index in [1.807, 2.05) is 53.6 Å². The number of anilines is 1. The molecule has 2 amide bonds. The summed E-state index contributed by atoms with van der Waals surface area (Å²) in [6.45, 7) is 0.843. The van der Waals surface area contributed by atoms with Crippen molar-refractivity contribution in [3.63, 3.8) is 0 Å². The molecule has 4 aliphatic rings. The largest absolute Gasteiger partial charge is 0.486 e. The number of halogens is 1. The fourth-order valence-corrected chi connectivity index (χ4v) is 6.33. The highest BCUT2D eigenvalue weighted by Gasteiger charge is 2.64. The van der Waals surface area contributed by atoms with E-state index in [1.54, 1.807) is 30.3 Å². The third kappa shape index (κ3) is 3.28. The maximum atomic E-state index is 14.0. The highest BCUT2D eigenvalue weighted by atomic mass is 79.9. The van der Waals surface area contributed by atoms with E-state index in [4.69, 9.17) is 9.47 Å². The number of rotatable bonds is 3. The molecular formula is C29H21BrN2O5. The van der Waals surface area contributed by atoms with Gasteiger partial charge in [0, 0.05) is 22.3 Å². The summed E-state index contributed by atoms with van der Waals surface area (Å²) in [7, 11) is 0. The molecule has 0 radical (unpaired) electrons. The van der Waals surface area contributed by atoms with Gasteiger partial charge in [-0.05, 0) is 41.5 Å². The normalized spacial score (nSPS) is 25.1. The molecule has 0 aliphatic carbocycles. The first-order chi connectivity index (χ1) is 18.0. The van der Waals surface area contributed by atoms with Gasteiger partial charge in [0.05, 0.1) is 23.6 Å². The minimum atomic E-state index is -0.822. The Bertz CT molecular complexity index is 1500. The zero-order valence-corrected chi connectivity index (χ0v) is 21.1. The molecule has 4 atom stereocenters. The van der Waals surface area contributed by atoms with E-state index in [2.05, 4.69) is 15.9 Å². The first-order valence-corrected chi connectivity index (χ1v) is 12.9. The second-order valence-corrected chi connectivity index (χ2v) is 10.5. The van der Waals surface area contributed by atoms with Crippen LogP contribution in [0.25, 0.3) is 6.08 Å². The van der Waals surface area contributed by atoms with Crippen molar-refractivity contribution in [3.8, 4) is 11.5 Å². The lowest BCUT2D eigenvalue weighted by Gasteiger charge is -2.35. The third-order valence-electron chi connectivity index (χ3n) is 7.64. The number of carbonyl (C=O) groups is 3. The van der Waals surface area contributed by atoms with Crippen molar-refractivity contribution >= 4 is 45.3 Å². The Hall–Kier alpha value is -3.91. The Morgan fingerprint density at radius 2 is 1.59 bits per heavy atom. The molecule has 0 bridgehead atoms. The summed E-state index contributed by atoms with van der Waals surface area (Å²) in [5.74, 6) is -1.31. The number of Topliss-reactive ketones (excluding diaryl/α,β-unsaturated/α-hetero) is 1. The first kappa shape index (κ1) is 22.3. The molecule has 0 N–H and O–H groups in total. The number of hydrogen-bond acceptors (Lipinski definition) is 6. The van der Waals surface area contributed by atoms with Crippen molar-refractivity contribution in [2.75, 3.05) is 18.1 Å². The molecule has 7 rings (SSSR count). The Labute approximate surface area is 221 Å². The molecule has 7 nitrogen and oxygen atoms in total. The van der Waals surface area contributed by atoms with Gasteiger partial charge in [0.2, 0.25) is 11.8 Å². The van der Waals surface area contributed by atoms with Crippen LogP contribution in [-0.4, -0.2) is 41.8 Å². The van der Waals surface area contributed by atoms with Gasteiger partial charge in [-0.2, -0.15) is 0 Å².